The highest BCUT2D eigenvalue weighted by Crippen LogP contribution is 2.28. The van der Waals surface area contributed by atoms with Gasteiger partial charge in [-0.15, -0.1) is 0 Å². The lowest BCUT2D eigenvalue weighted by atomic mass is 9.88. The molecule has 1 heterocycles. The van der Waals surface area contributed by atoms with Crippen LogP contribution in [0.4, 0.5) is 14.9 Å². The molecule has 0 unspecified atom stereocenters. The van der Waals surface area contributed by atoms with Crippen molar-refractivity contribution < 1.29 is 18.8 Å². The summed E-state index contributed by atoms with van der Waals surface area (Å²) in [4.78, 5) is 38.1. The van der Waals surface area contributed by atoms with E-state index in [1.54, 1.807) is 13.0 Å². The first kappa shape index (κ1) is 18.9. The zero-order chi connectivity index (χ0) is 18.6. The third kappa shape index (κ3) is 3.97. The highest BCUT2D eigenvalue weighted by atomic mass is 19.1. The maximum absolute atomic E-state index is 13.3. The van der Waals surface area contributed by atoms with Crippen LogP contribution in [0, 0.1) is 12.7 Å². The fourth-order valence-electron chi connectivity index (χ4n) is 3.20. The van der Waals surface area contributed by atoms with Crippen LogP contribution in [-0.4, -0.2) is 34.8 Å². The summed E-state index contributed by atoms with van der Waals surface area (Å²) in [5, 5.41) is 5.31. The SMILES string of the molecule is CCCC1(CCC)NC(=O)N(CC(=O)Nc2cc(F)ccc2C)C1=O. The Morgan fingerprint density at radius 1 is 1.24 bits per heavy atom. The molecule has 7 heteroatoms. The molecule has 0 aromatic heterocycles. The number of amides is 4. The Morgan fingerprint density at radius 2 is 1.88 bits per heavy atom. The van der Waals surface area contributed by atoms with Gasteiger partial charge in [0.1, 0.15) is 17.9 Å². The van der Waals surface area contributed by atoms with Crippen molar-refractivity contribution in [1.29, 1.82) is 0 Å². The van der Waals surface area contributed by atoms with E-state index in [-0.39, 0.29) is 5.91 Å². The maximum Gasteiger partial charge on any atom is 0.325 e. The topological polar surface area (TPSA) is 78.5 Å². The number of carbonyl (C=O) groups excluding carboxylic acids is 3. The van der Waals surface area contributed by atoms with Crippen LogP contribution >= 0.6 is 0 Å². The number of imide groups is 1. The van der Waals surface area contributed by atoms with Crippen molar-refractivity contribution in [3.05, 3.63) is 29.6 Å². The highest BCUT2D eigenvalue weighted by molar-refractivity contribution is 6.10. The Bertz CT molecular complexity index is 684. The molecule has 1 aromatic carbocycles. The van der Waals surface area contributed by atoms with Crippen LogP contribution in [0.2, 0.25) is 0 Å². The molecule has 0 atom stereocenters. The number of rotatable bonds is 7. The summed E-state index contributed by atoms with van der Waals surface area (Å²) < 4.78 is 13.3. The molecule has 136 valence electrons. The second kappa shape index (κ2) is 7.63. The van der Waals surface area contributed by atoms with Gasteiger partial charge in [0, 0.05) is 5.69 Å². The van der Waals surface area contributed by atoms with E-state index in [1.165, 1.54) is 12.1 Å². The molecule has 0 aliphatic carbocycles. The van der Waals surface area contributed by atoms with Crippen molar-refractivity contribution in [1.82, 2.24) is 10.2 Å². The van der Waals surface area contributed by atoms with Crippen LogP contribution in [-0.2, 0) is 9.59 Å². The third-order valence-corrected chi connectivity index (χ3v) is 4.37. The number of benzene rings is 1. The standard InChI is InChI=1S/C18H24FN3O3/c1-4-8-18(9-5-2)16(24)22(17(25)21-18)11-15(23)20-14-10-13(19)7-6-12(14)3/h6-7,10H,4-5,8-9,11H2,1-3H3,(H,20,23)(H,21,25). The van der Waals surface area contributed by atoms with E-state index in [4.69, 9.17) is 0 Å². The first-order valence-electron chi connectivity index (χ1n) is 8.53. The predicted molar refractivity (Wildman–Crippen MR) is 92.6 cm³/mol. The average Bonchev–Trinajstić information content (AvgIpc) is 2.76. The number of hydrogen-bond donors (Lipinski definition) is 2. The Balaban J connectivity index is 2.11. The monoisotopic (exact) mass is 349 g/mol. The minimum absolute atomic E-state index is 0.324. The van der Waals surface area contributed by atoms with Crippen LogP contribution in [0.15, 0.2) is 18.2 Å². The molecule has 4 amide bonds. The van der Waals surface area contributed by atoms with Crippen LogP contribution < -0.4 is 10.6 Å². The summed E-state index contributed by atoms with van der Waals surface area (Å²) in [6.45, 7) is 5.23. The van der Waals surface area contributed by atoms with Gasteiger partial charge in [0.15, 0.2) is 0 Å². The predicted octanol–water partition coefficient (Wildman–Crippen LogP) is 2.96. The highest BCUT2D eigenvalue weighted by Gasteiger charge is 2.50. The number of aryl methyl sites for hydroxylation is 1. The number of carbonyl (C=O) groups is 3. The molecule has 2 rings (SSSR count). The van der Waals surface area contributed by atoms with Gasteiger partial charge in [-0.3, -0.25) is 14.5 Å². The van der Waals surface area contributed by atoms with E-state index in [1.807, 2.05) is 13.8 Å². The fourth-order valence-corrected chi connectivity index (χ4v) is 3.20. The van der Waals surface area contributed by atoms with Crippen molar-refractivity contribution in [2.24, 2.45) is 0 Å². The molecule has 0 spiro atoms. The van der Waals surface area contributed by atoms with Gasteiger partial charge in [0.2, 0.25) is 5.91 Å². The van der Waals surface area contributed by atoms with E-state index in [0.717, 1.165) is 17.7 Å². The Morgan fingerprint density at radius 3 is 2.48 bits per heavy atom. The van der Waals surface area contributed by atoms with Crippen LogP contribution in [0.3, 0.4) is 0 Å². The summed E-state index contributed by atoms with van der Waals surface area (Å²) in [6.07, 6.45) is 2.56. The molecule has 6 nitrogen and oxygen atoms in total. The van der Waals surface area contributed by atoms with Gasteiger partial charge in [-0.25, -0.2) is 9.18 Å². The van der Waals surface area contributed by atoms with Crippen molar-refractivity contribution >= 4 is 23.5 Å². The van der Waals surface area contributed by atoms with E-state index in [9.17, 15) is 18.8 Å². The quantitative estimate of drug-likeness (QED) is 0.743. The van der Waals surface area contributed by atoms with Gasteiger partial charge < -0.3 is 10.6 Å². The molecule has 0 saturated carbocycles. The molecular weight excluding hydrogens is 325 g/mol. The Labute approximate surface area is 146 Å². The zero-order valence-corrected chi connectivity index (χ0v) is 14.8. The number of hydrogen-bond acceptors (Lipinski definition) is 3. The molecule has 0 bridgehead atoms. The van der Waals surface area contributed by atoms with Crippen LogP contribution in [0.5, 0.6) is 0 Å². The lowest BCUT2D eigenvalue weighted by Gasteiger charge is -2.25. The molecule has 1 aromatic rings. The fraction of sp³-hybridized carbons (Fsp3) is 0.500. The Hall–Kier alpha value is -2.44. The minimum Gasteiger partial charge on any atom is -0.324 e. The van der Waals surface area contributed by atoms with Gasteiger partial charge >= 0.3 is 6.03 Å². The Kier molecular flexibility index (Phi) is 5.77. The number of halogens is 1. The smallest absolute Gasteiger partial charge is 0.324 e. The zero-order valence-electron chi connectivity index (χ0n) is 14.8. The molecule has 1 saturated heterocycles. The molecule has 1 fully saturated rings. The number of anilines is 1. The lowest BCUT2D eigenvalue weighted by molar-refractivity contribution is -0.134. The third-order valence-electron chi connectivity index (χ3n) is 4.37. The first-order chi connectivity index (χ1) is 11.8. The summed E-state index contributed by atoms with van der Waals surface area (Å²) in [5.74, 6) is -1.38. The van der Waals surface area contributed by atoms with Gasteiger partial charge in [-0.05, 0) is 37.5 Å². The molecule has 25 heavy (non-hydrogen) atoms. The van der Waals surface area contributed by atoms with Gasteiger partial charge in [0.25, 0.3) is 5.91 Å². The van der Waals surface area contributed by atoms with Gasteiger partial charge in [-0.2, -0.15) is 0 Å². The van der Waals surface area contributed by atoms with E-state index < -0.39 is 29.8 Å². The summed E-state index contributed by atoms with van der Waals surface area (Å²) in [7, 11) is 0. The number of nitrogens with zero attached hydrogens (tertiary/aromatic N) is 1. The second-order valence-electron chi connectivity index (χ2n) is 6.41. The minimum atomic E-state index is -0.921. The van der Waals surface area contributed by atoms with Gasteiger partial charge in [-0.1, -0.05) is 32.8 Å². The van der Waals surface area contributed by atoms with E-state index in [0.29, 0.717) is 24.1 Å². The summed E-state index contributed by atoms with van der Waals surface area (Å²) in [6, 6.07) is 3.49. The average molecular weight is 349 g/mol. The molecular formula is C18H24FN3O3. The molecule has 1 aliphatic rings. The van der Waals surface area contributed by atoms with Crippen LogP contribution in [0.25, 0.3) is 0 Å². The van der Waals surface area contributed by atoms with E-state index >= 15 is 0 Å². The second-order valence-corrected chi connectivity index (χ2v) is 6.41. The molecule has 1 aliphatic heterocycles. The van der Waals surface area contributed by atoms with Crippen LogP contribution in [0.1, 0.15) is 45.1 Å². The lowest BCUT2D eigenvalue weighted by Crippen LogP contribution is -2.47. The molecule has 2 N–H and O–H groups in total. The van der Waals surface area contributed by atoms with Crippen molar-refractivity contribution in [2.45, 2.75) is 52.0 Å². The molecule has 0 radical (unpaired) electrons. The van der Waals surface area contributed by atoms with Gasteiger partial charge in [0.05, 0.1) is 0 Å². The van der Waals surface area contributed by atoms with Crippen molar-refractivity contribution in [3.63, 3.8) is 0 Å². The number of urea groups is 1. The van der Waals surface area contributed by atoms with E-state index in [2.05, 4.69) is 10.6 Å². The van der Waals surface area contributed by atoms with Crippen molar-refractivity contribution in [2.75, 3.05) is 11.9 Å². The van der Waals surface area contributed by atoms with Crippen molar-refractivity contribution in [3.8, 4) is 0 Å². The summed E-state index contributed by atoms with van der Waals surface area (Å²) >= 11 is 0. The first-order valence-corrected chi connectivity index (χ1v) is 8.53. The summed E-state index contributed by atoms with van der Waals surface area (Å²) in [5.41, 5.74) is 0.0963. The largest absolute Gasteiger partial charge is 0.325 e. The normalized spacial score (nSPS) is 16.1. The number of nitrogens with one attached hydrogen (secondary N) is 2. The maximum atomic E-state index is 13.3.